The lowest BCUT2D eigenvalue weighted by Crippen LogP contribution is -2.09. The Labute approximate surface area is 90.0 Å². The first-order valence-electron chi connectivity index (χ1n) is 5.13. The Balaban J connectivity index is 2.67. The number of carbonyl (C=O) groups is 1. The summed E-state index contributed by atoms with van der Waals surface area (Å²) in [7, 11) is 3.27. The van der Waals surface area contributed by atoms with Crippen LogP contribution in [-0.2, 0) is 18.2 Å². The molecule has 0 radical (unpaired) electrons. The van der Waals surface area contributed by atoms with Crippen molar-refractivity contribution in [3.8, 4) is 0 Å². The molecule has 1 heterocycles. The monoisotopic (exact) mass is 210 g/mol. The van der Waals surface area contributed by atoms with Crippen molar-refractivity contribution in [2.75, 3.05) is 13.7 Å². The summed E-state index contributed by atoms with van der Waals surface area (Å²) in [5.74, 6) is -0.289. The van der Waals surface area contributed by atoms with E-state index in [1.165, 1.54) is 7.11 Å². The minimum Gasteiger partial charge on any atom is -0.464 e. The van der Waals surface area contributed by atoms with Crippen LogP contribution in [0.4, 0.5) is 0 Å². The van der Waals surface area contributed by atoms with Crippen LogP contribution in [0.15, 0.2) is 12.1 Å². The Kier molecular flexibility index (Phi) is 4.37. The van der Waals surface area contributed by atoms with E-state index in [9.17, 15) is 4.79 Å². The van der Waals surface area contributed by atoms with Crippen LogP contribution in [0, 0.1) is 0 Å². The average Bonchev–Trinajstić information content (AvgIpc) is 2.60. The number of aryl methyl sites for hydroxylation is 1. The Morgan fingerprint density at radius 1 is 1.47 bits per heavy atom. The van der Waals surface area contributed by atoms with Gasteiger partial charge < -0.3 is 15.0 Å². The van der Waals surface area contributed by atoms with Crippen LogP contribution in [0.25, 0.3) is 0 Å². The van der Waals surface area contributed by atoms with Gasteiger partial charge in [0.2, 0.25) is 0 Å². The van der Waals surface area contributed by atoms with E-state index in [4.69, 9.17) is 5.73 Å². The van der Waals surface area contributed by atoms with Crippen LogP contribution < -0.4 is 5.73 Å². The van der Waals surface area contributed by atoms with Crippen LogP contribution >= 0.6 is 0 Å². The van der Waals surface area contributed by atoms with Crippen LogP contribution in [0.5, 0.6) is 0 Å². The highest BCUT2D eigenvalue weighted by Gasteiger charge is 2.11. The predicted octanol–water partition coefficient (Wildman–Crippen LogP) is 1.09. The molecule has 15 heavy (non-hydrogen) atoms. The number of carbonyl (C=O) groups excluding carboxylic acids is 1. The lowest BCUT2D eigenvalue weighted by Gasteiger charge is -2.05. The minimum absolute atomic E-state index is 0.289. The third-order valence-corrected chi connectivity index (χ3v) is 2.51. The molecule has 4 heteroatoms. The van der Waals surface area contributed by atoms with Gasteiger partial charge in [-0.25, -0.2) is 4.79 Å². The van der Waals surface area contributed by atoms with Gasteiger partial charge in [-0.1, -0.05) is 0 Å². The summed E-state index contributed by atoms with van der Waals surface area (Å²) in [6.07, 6.45) is 3.01. The van der Waals surface area contributed by atoms with Crippen LogP contribution in [0.3, 0.4) is 0 Å². The summed E-state index contributed by atoms with van der Waals surface area (Å²) in [6, 6.07) is 3.76. The zero-order valence-electron chi connectivity index (χ0n) is 9.32. The molecular weight excluding hydrogens is 192 g/mol. The lowest BCUT2D eigenvalue weighted by molar-refractivity contribution is 0.0589. The molecule has 0 aliphatic carbocycles. The Morgan fingerprint density at radius 3 is 2.80 bits per heavy atom. The largest absolute Gasteiger partial charge is 0.464 e. The third-order valence-electron chi connectivity index (χ3n) is 2.51. The van der Waals surface area contributed by atoms with Crippen molar-refractivity contribution in [2.45, 2.75) is 19.3 Å². The smallest absolute Gasteiger partial charge is 0.354 e. The van der Waals surface area contributed by atoms with Gasteiger partial charge in [-0.2, -0.15) is 0 Å². The molecule has 1 rings (SSSR count). The molecule has 0 amide bonds. The predicted molar refractivity (Wildman–Crippen MR) is 58.7 cm³/mol. The van der Waals surface area contributed by atoms with Crippen molar-refractivity contribution in [2.24, 2.45) is 12.8 Å². The molecule has 0 saturated heterocycles. The summed E-state index contributed by atoms with van der Waals surface area (Å²) in [6.45, 7) is 0.717. The molecule has 2 N–H and O–H groups in total. The first-order valence-corrected chi connectivity index (χ1v) is 5.13. The van der Waals surface area contributed by atoms with Gasteiger partial charge in [0.05, 0.1) is 7.11 Å². The van der Waals surface area contributed by atoms with E-state index in [1.807, 2.05) is 17.7 Å². The lowest BCUT2D eigenvalue weighted by atomic mass is 10.2. The van der Waals surface area contributed by atoms with Gasteiger partial charge in [0.1, 0.15) is 5.69 Å². The molecule has 0 fully saturated rings. The second kappa shape index (κ2) is 5.56. The van der Waals surface area contributed by atoms with Gasteiger partial charge in [0.25, 0.3) is 0 Å². The molecule has 0 aromatic carbocycles. The summed E-state index contributed by atoms with van der Waals surface area (Å²) >= 11 is 0. The summed E-state index contributed by atoms with van der Waals surface area (Å²) in [5, 5.41) is 0. The highest BCUT2D eigenvalue weighted by molar-refractivity contribution is 5.87. The number of unbranched alkanes of at least 4 members (excludes halogenated alkanes) is 1. The maximum absolute atomic E-state index is 11.3. The average molecular weight is 210 g/mol. The number of hydrogen-bond donors (Lipinski definition) is 1. The fourth-order valence-electron chi connectivity index (χ4n) is 1.56. The molecule has 0 spiro atoms. The summed E-state index contributed by atoms with van der Waals surface area (Å²) in [5.41, 5.74) is 7.16. The van der Waals surface area contributed by atoms with Crippen molar-refractivity contribution in [1.29, 1.82) is 0 Å². The number of hydrogen-bond acceptors (Lipinski definition) is 3. The van der Waals surface area contributed by atoms with Gasteiger partial charge in [-0.05, 0) is 37.9 Å². The SMILES string of the molecule is COC(=O)c1ccc(CCCCN)n1C. The first kappa shape index (κ1) is 11.8. The molecule has 0 atom stereocenters. The first-order chi connectivity index (χ1) is 7.20. The van der Waals surface area contributed by atoms with E-state index < -0.39 is 0 Å². The van der Waals surface area contributed by atoms with Crippen LogP contribution in [0.1, 0.15) is 29.0 Å². The quantitative estimate of drug-likeness (QED) is 0.584. The van der Waals surface area contributed by atoms with Crippen molar-refractivity contribution in [3.63, 3.8) is 0 Å². The zero-order valence-corrected chi connectivity index (χ0v) is 9.32. The van der Waals surface area contributed by atoms with E-state index in [0.717, 1.165) is 25.0 Å². The molecule has 0 bridgehead atoms. The van der Waals surface area contributed by atoms with Crippen molar-refractivity contribution in [1.82, 2.24) is 4.57 Å². The number of aromatic nitrogens is 1. The third kappa shape index (κ3) is 2.83. The molecule has 0 saturated carbocycles. The molecule has 84 valence electrons. The maximum Gasteiger partial charge on any atom is 0.354 e. The molecule has 1 aromatic heterocycles. The fourth-order valence-corrected chi connectivity index (χ4v) is 1.56. The summed E-state index contributed by atoms with van der Waals surface area (Å²) < 4.78 is 6.55. The Bertz CT molecular complexity index is 331. The van der Waals surface area contributed by atoms with Crippen LogP contribution in [0.2, 0.25) is 0 Å². The van der Waals surface area contributed by atoms with E-state index in [-0.39, 0.29) is 5.97 Å². The van der Waals surface area contributed by atoms with Gasteiger partial charge in [-0.15, -0.1) is 0 Å². The second-order valence-electron chi connectivity index (χ2n) is 3.51. The maximum atomic E-state index is 11.3. The second-order valence-corrected chi connectivity index (χ2v) is 3.51. The van der Waals surface area contributed by atoms with Crippen molar-refractivity contribution >= 4 is 5.97 Å². The molecule has 0 unspecified atom stereocenters. The molecule has 1 aromatic rings. The Hall–Kier alpha value is -1.29. The number of methoxy groups -OCH3 is 1. The fraction of sp³-hybridized carbons (Fsp3) is 0.545. The molecule has 0 aliphatic rings. The van der Waals surface area contributed by atoms with Crippen molar-refractivity contribution < 1.29 is 9.53 Å². The highest BCUT2D eigenvalue weighted by Crippen LogP contribution is 2.11. The molecule has 0 aliphatic heterocycles. The standard InChI is InChI=1S/C11H18N2O2/c1-13-9(5-3-4-8-12)6-7-10(13)11(14)15-2/h6-7H,3-5,8,12H2,1-2H3. The van der Waals surface area contributed by atoms with Gasteiger partial charge in [-0.3, -0.25) is 0 Å². The van der Waals surface area contributed by atoms with Gasteiger partial charge >= 0.3 is 5.97 Å². The minimum atomic E-state index is -0.289. The van der Waals surface area contributed by atoms with E-state index in [2.05, 4.69) is 4.74 Å². The zero-order chi connectivity index (χ0) is 11.3. The topological polar surface area (TPSA) is 57.2 Å². The summed E-state index contributed by atoms with van der Waals surface area (Å²) in [4.78, 5) is 11.3. The van der Waals surface area contributed by atoms with Crippen LogP contribution in [-0.4, -0.2) is 24.2 Å². The number of ether oxygens (including phenoxy) is 1. The van der Waals surface area contributed by atoms with Crippen molar-refractivity contribution in [3.05, 3.63) is 23.5 Å². The van der Waals surface area contributed by atoms with Gasteiger partial charge in [0.15, 0.2) is 0 Å². The highest BCUT2D eigenvalue weighted by atomic mass is 16.5. The number of esters is 1. The molecular formula is C11H18N2O2. The Morgan fingerprint density at radius 2 is 2.20 bits per heavy atom. The molecule has 4 nitrogen and oxygen atoms in total. The van der Waals surface area contributed by atoms with Gasteiger partial charge in [0, 0.05) is 12.7 Å². The van der Waals surface area contributed by atoms with E-state index in [0.29, 0.717) is 12.2 Å². The van der Waals surface area contributed by atoms with E-state index in [1.54, 1.807) is 6.07 Å². The normalized spacial score (nSPS) is 10.3. The number of rotatable bonds is 5. The number of nitrogens with zero attached hydrogens (tertiary/aromatic N) is 1. The number of nitrogens with two attached hydrogens (primary N) is 1. The van der Waals surface area contributed by atoms with E-state index >= 15 is 0 Å².